The Labute approximate surface area is 874 Å². The summed E-state index contributed by atoms with van der Waals surface area (Å²) in [5, 5.41) is 23.8. The minimum Gasteiger partial charge on any atom is -0.496 e. The molecule has 1 unspecified atom stereocenters. The molecule has 0 radical (unpaired) electrons. The topological polar surface area (TPSA) is 120 Å². The molecule has 0 aliphatic rings. The SMILES string of the molecule is C#CC#CC#CC#CC#COc1ccc2c(-c3ccc4cc(-c5cc(/C=C/C)c(OC)cc5-c5nnc(-c6ccc(C)cc6)o5)ccc4c3)c3cc(OCCCCCCCCCC)ccc3c(-c3cnc4c(ccc5cccnc54)c3)c2c1.C#CC#CC#CC#COc1ccc2c(-c3ccc4cc(OCc5ccc(C(C)CC)cc5)ccc4c3)c3cc(OCCCCCCCC)ccc3c(-c3ccc(-c4ccccc4)cc3)c2c1. The van der Waals surface area contributed by atoms with Gasteiger partial charge in [-0.3, -0.25) is 9.97 Å². The number of aryl methyl sites for hydroxylation is 1. The van der Waals surface area contributed by atoms with Gasteiger partial charge in [0.2, 0.25) is 11.8 Å². The number of benzene rings is 16. The normalized spacial score (nSPS) is 11.0. The lowest BCUT2D eigenvalue weighted by atomic mass is 9.85. The number of terminal acetylenes is 2. The standard InChI is InChI=1S/C75H58N4O4.C63H54O3/c1-6-9-11-13-15-17-19-21-41-81-61-37-39-64-66(47-61)70(63-38-36-62(82-42-22-20-18-16-14-12-10-7-2)48-67(63)71(64)60-45-59-35-30-52-25-23-40-76-72(52)73(59)77-50-60)58-34-32-54-43-56(33-31-55(54)44-58)65-46-57(24-8-3)69(80-5)49-68(65)75-79-78-74(83-75)53-28-26-51(4)27-29-53;1-5-8-10-12-14-19-39-64-56-36-38-59-60(43-56)62(51-29-27-50(28-30-51)49-21-17-16-18-22-49)58-37-35-57(65-40-20-15-13-11-9-6-2)44-61(58)63(59)54-32-31-53-42-55(34-33-52(53)41-54)66-45-47-23-25-48(26-24-47)46(4)7-3/h2,8,23-40,43-50H,6,9,11,13,15,17,19,21,41H2,1,3-5H3;1,16-18,21-38,41-44,46H,6-7,9,11,13,15,20,40,45H2,2-4H3/b24-8+;. The highest BCUT2D eigenvalue weighted by Gasteiger charge is 2.26. The number of fused-ring (bicyclic) bond motifs is 9. The van der Waals surface area contributed by atoms with Crippen molar-refractivity contribution < 1.29 is 32.8 Å². The first-order valence-corrected chi connectivity index (χ1v) is 51.4. The van der Waals surface area contributed by atoms with E-state index in [4.69, 9.17) is 55.7 Å². The zero-order valence-corrected chi connectivity index (χ0v) is 85.1. The maximum absolute atomic E-state index is 6.64. The molecule has 0 bridgehead atoms. The summed E-state index contributed by atoms with van der Waals surface area (Å²) in [6.07, 6.45) is 41.9. The maximum Gasteiger partial charge on any atom is 0.248 e. The summed E-state index contributed by atoms with van der Waals surface area (Å²) < 4.78 is 44.0. The summed E-state index contributed by atoms with van der Waals surface area (Å²) in [6.45, 7) is 14.9. The van der Waals surface area contributed by atoms with Crippen molar-refractivity contribution in [2.45, 2.75) is 150 Å². The van der Waals surface area contributed by atoms with Crippen molar-refractivity contribution in [1.82, 2.24) is 20.2 Å². The Morgan fingerprint density at radius 3 is 1.36 bits per heavy atom. The second-order valence-corrected chi connectivity index (χ2v) is 37.1. The zero-order valence-electron chi connectivity index (χ0n) is 85.1. The molecule has 0 saturated heterocycles. The van der Waals surface area contributed by atoms with Crippen LogP contribution in [0.4, 0.5) is 0 Å². The molecule has 0 fully saturated rings. The summed E-state index contributed by atoms with van der Waals surface area (Å²) >= 11 is 0. The highest BCUT2D eigenvalue weighted by Crippen LogP contribution is 2.51. The summed E-state index contributed by atoms with van der Waals surface area (Å²) in [5.41, 5.74) is 20.6. The summed E-state index contributed by atoms with van der Waals surface area (Å²) in [4.78, 5) is 9.86. The number of aromatic nitrogens is 4. The summed E-state index contributed by atoms with van der Waals surface area (Å²) in [7, 11) is 1.68. The number of rotatable bonds is 35. The molecule has 3 aromatic heterocycles. The fraction of sp³-hybridized carbons (Fsp3) is 0.188. The Balaban J connectivity index is 0.000000200. The molecule has 19 rings (SSSR count). The first-order valence-electron chi connectivity index (χ1n) is 51.4. The highest BCUT2D eigenvalue weighted by atomic mass is 16.5. The number of unbranched alkanes of at least 4 members (excludes halogenated alkanes) is 12. The fourth-order valence-electron chi connectivity index (χ4n) is 19.3. The summed E-state index contributed by atoms with van der Waals surface area (Å²) in [6, 6.07) is 102. The largest absolute Gasteiger partial charge is 0.496 e. The molecule has 11 heteroatoms. The molecule has 16 aromatic carbocycles. The highest BCUT2D eigenvalue weighted by molar-refractivity contribution is 6.24. The quantitative estimate of drug-likeness (QED) is 0.0163. The van der Waals surface area contributed by atoms with Gasteiger partial charge in [-0.25, -0.2) is 0 Å². The van der Waals surface area contributed by atoms with Gasteiger partial charge in [0.05, 0.1) is 36.9 Å². The fourth-order valence-corrected chi connectivity index (χ4v) is 19.3. The Kier molecular flexibility index (Phi) is 33.6. The lowest BCUT2D eigenvalue weighted by Gasteiger charge is -2.20. The van der Waals surface area contributed by atoms with E-state index in [0.717, 1.165) is 218 Å². The number of ether oxygens (including phenoxy) is 6. The van der Waals surface area contributed by atoms with Crippen molar-refractivity contribution in [2.24, 2.45) is 0 Å². The van der Waals surface area contributed by atoms with Crippen LogP contribution in [0.2, 0.25) is 0 Å². The monoisotopic (exact) mass is 1940 g/mol. The van der Waals surface area contributed by atoms with Gasteiger partial charge >= 0.3 is 0 Å². The van der Waals surface area contributed by atoms with Crippen molar-refractivity contribution in [2.75, 3.05) is 20.3 Å². The number of hydrogen-bond donors (Lipinski definition) is 0. The second kappa shape index (κ2) is 49.7. The van der Waals surface area contributed by atoms with Gasteiger partial charge in [0, 0.05) is 81.3 Å². The Hall–Kier alpha value is -18.4. The number of hydrogen-bond acceptors (Lipinski definition) is 11. The molecular weight excluding hydrogens is 1830 g/mol. The van der Waals surface area contributed by atoms with E-state index in [2.05, 4.69) is 377 Å². The van der Waals surface area contributed by atoms with E-state index in [1.165, 1.54) is 81.8 Å². The molecule has 0 aliphatic carbocycles. The number of pyridine rings is 2. The van der Waals surface area contributed by atoms with Gasteiger partial charge < -0.3 is 32.8 Å². The zero-order chi connectivity index (χ0) is 102. The van der Waals surface area contributed by atoms with E-state index >= 15 is 0 Å². The number of nitrogens with zero attached hydrogens (tertiary/aromatic N) is 4. The van der Waals surface area contributed by atoms with Gasteiger partial charge in [-0.15, -0.1) is 23.0 Å². The van der Waals surface area contributed by atoms with Crippen LogP contribution in [0.15, 0.2) is 314 Å². The van der Waals surface area contributed by atoms with Crippen molar-refractivity contribution in [3.63, 3.8) is 0 Å². The van der Waals surface area contributed by atoms with Crippen LogP contribution in [0.5, 0.6) is 34.5 Å². The molecule has 0 saturated carbocycles. The van der Waals surface area contributed by atoms with Gasteiger partial charge in [0.25, 0.3) is 0 Å². The molecule has 11 nitrogen and oxygen atoms in total. The van der Waals surface area contributed by atoms with Crippen molar-refractivity contribution in [3.8, 4) is 232 Å². The minimum atomic E-state index is 0.396. The molecule has 726 valence electrons. The van der Waals surface area contributed by atoms with Crippen LogP contribution in [0.3, 0.4) is 0 Å². The van der Waals surface area contributed by atoms with Gasteiger partial charge in [0.15, 0.2) is 0 Å². The molecule has 0 amide bonds. The molecule has 19 aromatic rings. The van der Waals surface area contributed by atoms with Gasteiger partial charge in [-0.1, -0.05) is 286 Å². The smallest absolute Gasteiger partial charge is 0.248 e. The number of methoxy groups -OCH3 is 1. The van der Waals surface area contributed by atoms with Crippen molar-refractivity contribution in [1.29, 1.82) is 0 Å². The van der Waals surface area contributed by atoms with Gasteiger partial charge in [-0.05, 0) is 345 Å². The van der Waals surface area contributed by atoms with Crippen LogP contribution < -0.4 is 28.4 Å². The molecule has 149 heavy (non-hydrogen) atoms. The Morgan fingerprint density at radius 2 is 0.792 bits per heavy atom. The average molecular weight is 1940 g/mol. The van der Waals surface area contributed by atoms with E-state index in [1.807, 2.05) is 86.1 Å². The average Bonchev–Trinajstić information content (AvgIpc) is 0.816. The molecule has 0 N–H and O–H groups in total. The Bertz CT molecular complexity index is 8820. The van der Waals surface area contributed by atoms with E-state index < -0.39 is 0 Å². The van der Waals surface area contributed by atoms with Crippen LogP contribution in [-0.2, 0) is 6.61 Å². The molecule has 3 heterocycles. The van der Waals surface area contributed by atoms with Gasteiger partial charge in [0.1, 0.15) is 53.3 Å². The van der Waals surface area contributed by atoms with Crippen molar-refractivity contribution >= 4 is 92.5 Å². The van der Waals surface area contributed by atoms with Crippen molar-refractivity contribution in [3.05, 3.63) is 332 Å². The molecular formula is C138H112N4O7. The maximum atomic E-state index is 6.64. The van der Waals surface area contributed by atoms with Crippen LogP contribution in [-0.4, -0.2) is 40.5 Å². The van der Waals surface area contributed by atoms with Crippen LogP contribution in [0.1, 0.15) is 159 Å². The van der Waals surface area contributed by atoms with E-state index in [1.54, 1.807) is 7.11 Å². The van der Waals surface area contributed by atoms with E-state index in [0.29, 0.717) is 54.8 Å². The molecule has 1 atom stereocenters. The van der Waals surface area contributed by atoms with Crippen LogP contribution in [0, 0.1) is 115 Å². The lowest BCUT2D eigenvalue weighted by Crippen LogP contribution is -1.98. The first kappa shape index (κ1) is 101. The predicted octanol–water partition coefficient (Wildman–Crippen LogP) is 33.8. The van der Waals surface area contributed by atoms with Crippen LogP contribution in [0.25, 0.3) is 182 Å². The second-order valence-electron chi connectivity index (χ2n) is 37.1. The minimum absolute atomic E-state index is 0.396. The summed E-state index contributed by atoms with van der Waals surface area (Å²) in [5.74, 6) is 41.7. The third-order valence-corrected chi connectivity index (χ3v) is 27.1. The molecule has 0 spiro atoms. The van der Waals surface area contributed by atoms with Crippen LogP contribution >= 0.6 is 0 Å². The third kappa shape index (κ3) is 24.5. The van der Waals surface area contributed by atoms with E-state index in [-0.39, 0.29) is 0 Å². The Morgan fingerprint density at radius 1 is 0.349 bits per heavy atom. The lowest BCUT2D eigenvalue weighted by molar-refractivity contribution is 0.304. The van der Waals surface area contributed by atoms with Gasteiger partial charge in [-0.2, -0.15) is 0 Å². The molecule has 0 aliphatic heterocycles. The van der Waals surface area contributed by atoms with E-state index in [9.17, 15) is 0 Å². The predicted molar refractivity (Wildman–Crippen MR) is 616 cm³/mol. The third-order valence-electron chi connectivity index (χ3n) is 27.1. The number of allylic oxidation sites excluding steroid dienone is 1. The first-order chi connectivity index (χ1) is 73.4.